The van der Waals surface area contributed by atoms with Crippen molar-refractivity contribution in [1.29, 1.82) is 0 Å². The van der Waals surface area contributed by atoms with Crippen LogP contribution < -0.4 is 0 Å². The van der Waals surface area contributed by atoms with Crippen LogP contribution in [0.4, 0.5) is 26.3 Å². The fraction of sp³-hybridized carbons (Fsp3) is 0.579. The van der Waals surface area contributed by atoms with E-state index in [1.54, 1.807) is 6.92 Å². The Balaban J connectivity index is 2.18. The predicted octanol–water partition coefficient (Wildman–Crippen LogP) is 3.38. The molecule has 0 atom stereocenters. The first-order valence-electron chi connectivity index (χ1n) is 9.43. The largest absolute Gasteiger partial charge is 0.430 e. The van der Waals surface area contributed by atoms with E-state index in [0.29, 0.717) is 51.3 Å². The molecule has 1 aromatic carbocycles. The quantitative estimate of drug-likeness (QED) is 0.388. The fourth-order valence-electron chi connectivity index (χ4n) is 2.94. The van der Waals surface area contributed by atoms with Gasteiger partial charge in [0.2, 0.25) is 0 Å². The van der Waals surface area contributed by atoms with Crippen molar-refractivity contribution in [2.24, 2.45) is 5.16 Å². The number of rotatable bonds is 7. The highest BCUT2D eigenvalue weighted by Gasteiger charge is 2.71. The smallest absolute Gasteiger partial charge is 0.385 e. The van der Waals surface area contributed by atoms with Crippen LogP contribution in [0.3, 0.4) is 0 Å². The van der Waals surface area contributed by atoms with E-state index in [4.69, 9.17) is 9.57 Å². The van der Waals surface area contributed by atoms with Gasteiger partial charge in [0.05, 0.1) is 18.9 Å². The maximum atomic E-state index is 13.0. The van der Waals surface area contributed by atoms with E-state index in [1.165, 1.54) is 4.90 Å². The third-order valence-corrected chi connectivity index (χ3v) is 4.67. The zero-order chi connectivity index (χ0) is 23.3. The van der Waals surface area contributed by atoms with Crippen LogP contribution in [0.2, 0.25) is 0 Å². The molecule has 0 bridgehead atoms. The Kier molecular flexibility index (Phi) is 7.93. The van der Waals surface area contributed by atoms with Gasteiger partial charge >= 0.3 is 12.4 Å². The molecule has 1 fully saturated rings. The topological polar surface area (TPSA) is 71.4 Å². The van der Waals surface area contributed by atoms with Crippen LogP contribution in [-0.2, 0) is 20.0 Å². The molecule has 1 heterocycles. The summed E-state index contributed by atoms with van der Waals surface area (Å²) in [5.74, 6) is -0.321. The Hall–Kier alpha value is -2.34. The number of carbonyl (C=O) groups is 1. The zero-order valence-electron chi connectivity index (χ0n) is 16.6. The van der Waals surface area contributed by atoms with Crippen LogP contribution in [-0.4, -0.2) is 66.9 Å². The van der Waals surface area contributed by atoms with Crippen molar-refractivity contribution in [3.8, 4) is 0 Å². The summed E-state index contributed by atoms with van der Waals surface area (Å²) in [5, 5.41) is 13.3. The third-order valence-electron chi connectivity index (χ3n) is 4.67. The van der Waals surface area contributed by atoms with Gasteiger partial charge in [0, 0.05) is 18.7 Å². The molecule has 0 spiro atoms. The summed E-state index contributed by atoms with van der Waals surface area (Å²) >= 11 is 0. The predicted molar refractivity (Wildman–Crippen MR) is 97.2 cm³/mol. The van der Waals surface area contributed by atoms with E-state index < -0.39 is 23.5 Å². The number of alkyl halides is 6. The van der Waals surface area contributed by atoms with Gasteiger partial charge in [0.1, 0.15) is 0 Å². The van der Waals surface area contributed by atoms with Crippen molar-refractivity contribution in [1.82, 2.24) is 4.90 Å². The molecule has 1 aromatic rings. The molecule has 1 aliphatic heterocycles. The van der Waals surface area contributed by atoms with Gasteiger partial charge in [-0.05, 0) is 12.0 Å². The summed E-state index contributed by atoms with van der Waals surface area (Å²) in [4.78, 5) is 18.7. The second-order valence-corrected chi connectivity index (χ2v) is 6.84. The van der Waals surface area contributed by atoms with Crippen molar-refractivity contribution in [3.05, 3.63) is 35.4 Å². The number of halogens is 6. The molecule has 0 aliphatic carbocycles. The molecule has 2 rings (SSSR count). The number of hydrogen-bond donors (Lipinski definition) is 1. The van der Waals surface area contributed by atoms with E-state index >= 15 is 0 Å². The molecule has 31 heavy (non-hydrogen) atoms. The van der Waals surface area contributed by atoms with E-state index in [1.807, 2.05) is 0 Å². The molecule has 0 unspecified atom stereocenters. The van der Waals surface area contributed by atoms with Crippen LogP contribution in [0, 0.1) is 0 Å². The molecule has 1 N–H and O–H groups in total. The van der Waals surface area contributed by atoms with Crippen LogP contribution in [0.1, 0.15) is 30.9 Å². The lowest BCUT2D eigenvalue weighted by Crippen LogP contribution is -2.53. The average Bonchev–Trinajstić information content (AvgIpc) is 2.71. The summed E-state index contributed by atoms with van der Waals surface area (Å²) in [7, 11) is 0. The number of hydrogen-bond acceptors (Lipinski definition) is 5. The summed E-state index contributed by atoms with van der Waals surface area (Å²) < 4.78 is 83.2. The van der Waals surface area contributed by atoms with Crippen LogP contribution in [0.15, 0.2) is 29.4 Å². The molecular formula is C19H22F6N2O4. The molecule has 0 saturated carbocycles. The number of carbonyl (C=O) groups excluding carboxylic acids is 1. The Bertz CT molecular complexity index is 757. The first kappa shape index (κ1) is 24.9. The summed E-state index contributed by atoms with van der Waals surface area (Å²) in [6, 6.07) is 3.06. The summed E-state index contributed by atoms with van der Waals surface area (Å²) in [6.45, 7) is 3.06. The minimum absolute atomic E-state index is 0.205. The lowest BCUT2D eigenvalue weighted by atomic mass is 9.91. The second-order valence-electron chi connectivity index (χ2n) is 6.84. The monoisotopic (exact) mass is 456 g/mol. The van der Waals surface area contributed by atoms with Crippen molar-refractivity contribution in [3.63, 3.8) is 0 Å². The number of aliphatic hydroxyl groups is 1. The normalized spacial score (nSPS) is 16.4. The highest BCUT2D eigenvalue weighted by molar-refractivity contribution is 6.00. The molecule has 12 heteroatoms. The Labute approximate surface area is 174 Å². The molecule has 0 aromatic heterocycles. The standard InChI is InChI=1S/C19H22F6N2O4/c1-2-3-15(26-31-12-16(28)27-8-10-30-11-9-27)13-4-6-14(7-5-13)17(29,18(20,21)22)19(23,24)25/h4-7,29H,2-3,8-12H2,1H3. The number of nitrogens with zero attached hydrogens (tertiary/aromatic N) is 2. The van der Waals surface area contributed by atoms with Gasteiger partial charge in [0.25, 0.3) is 11.5 Å². The second kappa shape index (κ2) is 9.86. The maximum Gasteiger partial charge on any atom is 0.430 e. The van der Waals surface area contributed by atoms with Crippen molar-refractivity contribution in [2.75, 3.05) is 32.9 Å². The zero-order valence-corrected chi connectivity index (χ0v) is 16.6. The number of amides is 1. The van der Waals surface area contributed by atoms with Gasteiger partial charge in [-0.15, -0.1) is 0 Å². The van der Waals surface area contributed by atoms with Gasteiger partial charge in [-0.25, -0.2) is 0 Å². The van der Waals surface area contributed by atoms with E-state index in [2.05, 4.69) is 5.16 Å². The molecule has 6 nitrogen and oxygen atoms in total. The number of ether oxygens (including phenoxy) is 1. The van der Waals surface area contributed by atoms with E-state index in [9.17, 15) is 36.2 Å². The third kappa shape index (κ3) is 5.67. The average molecular weight is 456 g/mol. The van der Waals surface area contributed by atoms with Crippen molar-refractivity contribution < 1.29 is 45.8 Å². The Morgan fingerprint density at radius 3 is 2.13 bits per heavy atom. The number of morpholine rings is 1. The summed E-state index contributed by atoms with van der Waals surface area (Å²) in [5.41, 5.74) is -5.92. The number of oxime groups is 1. The minimum Gasteiger partial charge on any atom is -0.385 e. The highest BCUT2D eigenvalue weighted by atomic mass is 19.4. The van der Waals surface area contributed by atoms with Crippen LogP contribution >= 0.6 is 0 Å². The van der Waals surface area contributed by atoms with Crippen LogP contribution in [0.25, 0.3) is 0 Å². The van der Waals surface area contributed by atoms with Gasteiger partial charge in [0.15, 0.2) is 6.61 Å². The Morgan fingerprint density at radius 1 is 1.10 bits per heavy atom. The minimum atomic E-state index is -5.96. The molecule has 174 valence electrons. The summed E-state index contributed by atoms with van der Waals surface area (Å²) in [6.07, 6.45) is -11.1. The molecule has 0 radical (unpaired) electrons. The van der Waals surface area contributed by atoms with Crippen LogP contribution in [0.5, 0.6) is 0 Å². The van der Waals surface area contributed by atoms with E-state index in [0.717, 1.165) is 12.1 Å². The molecule has 1 amide bonds. The van der Waals surface area contributed by atoms with Gasteiger partial charge in [-0.1, -0.05) is 42.8 Å². The SMILES string of the molecule is CCCC(=NOCC(=O)N1CCOCC1)c1ccc(C(O)(C(F)(F)F)C(F)(F)F)cc1. The highest BCUT2D eigenvalue weighted by Crippen LogP contribution is 2.49. The van der Waals surface area contributed by atoms with Crippen molar-refractivity contribution in [2.45, 2.75) is 37.7 Å². The van der Waals surface area contributed by atoms with Gasteiger partial charge < -0.3 is 19.6 Å². The number of benzene rings is 1. The Morgan fingerprint density at radius 2 is 1.65 bits per heavy atom. The first-order chi connectivity index (χ1) is 14.4. The van der Waals surface area contributed by atoms with Gasteiger partial charge in [-0.2, -0.15) is 26.3 Å². The lowest BCUT2D eigenvalue weighted by Gasteiger charge is -2.32. The van der Waals surface area contributed by atoms with Gasteiger partial charge in [-0.3, -0.25) is 4.79 Å². The molecular weight excluding hydrogens is 434 g/mol. The molecule has 1 aliphatic rings. The molecule has 1 saturated heterocycles. The fourth-order valence-corrected chi connectivity index (χ4v) is 2.94. The lowest BCUT2D eigenvalue weighted by molar-refractivity contribution is -0.376. The van der Waals surface area contributed by atoms with E-state index in [-0.39, 0.29) is 23.8 Å². The maximum absolute atomic E-state index is 13.0. The van der Waals surface area contributed by atoms with Crippen molar-refractivity contribution >= 4 is 11.6 Å². The first-order valence-corrected chi connectivity index (χ1v) is 9.43.